The Bertz CT molecular complexity index is 2050. The molecule has 276 valence electrons. The zero-order valence-electron chi connectivity index (χ0n) is 27.3. The number of aromatic hydroxyl groups is 1. The lowest BCUT2D eigenvalue weighted by Crippen LogP contribution is -2.43. The number of nitrogens with zero attached hydrogens (tertiary/aromatic N) is 2. The van der Waals surface area contributed by atoms with Crippen molar-refractivity contribution in [2.45, 2.75) is 56.0 Å². The number of hydrogen-bond donors (Lipinski definition) is 2. The molecule has 0 bridgehead atoms. The van der Waals surface area contributed by atoms with Crippen molar-refractivity contribution in [1.82, 2.24) is 4.31 Å². The number of anilines is 1. The molecule has 0 unspecified atom stereocenters. The van der Waals surface area contributed by atoms with Crippen LogP contribution in [0.1, 0.15) is 65.1 Å². The Morgan fingerprint density at radius 1 is 0.808 bits per heavy atom. The zero-order valence-corrected chi connectivity index (χ0v) is 28.1. The van der Waals surface area contributed by atoms with E-state index in [1.807, 2.05) is 12.1 Å². The van der Waals surface area contributed by atoms with E-state index in [1.165, 1.54) is 24.3 Å². The number of carbonyl (C=O) groups excluding carboxylic acids is 1. The fourth-order valence-electron chi connectivity index (χ4n) is 6.13. The van der Waals surface area contributed by atoms with Crippen LogP contribution in [0.15, 0.2) is 71.6 Å². The van der Waals surface area contributed by atoms with Crippen molar-refractivity contribution in [3.05, 3.63) is 118 Å². The van der Waals surface area contributed by atoms with Gasteiger partial charge in [-0.25, -0.2) is 39.6 Å². The van der Waals surface area contributed by atoms with Crippen LogP contribution in [0.2, 0.25) is 0 Å². The predicted molar refractivity (Wildman–Crippen MR) is 175 cm³/mol. The lowest BCUT2D eigenvalue weighted by atomic mass is 9.84. The third-order valence-corrected chi connectivity index (χ3v) is 10.6. The van der Waals surface area contributed by atoms with Gasteiger partial charge in [-0.15, -0.1) is 0 Å². The molecule has 9 nitrogen and oxygen atoms in total. The minimum absolute atomic E-state index is 0.126. The molecule has 5 rings (SSSR count). The standard InChI is InChI=1S/C36H32F6N2O7S/c37-20-51-28-9-5-4-8-24(28)18-43(52(49,50)35-33(41)31(39)30(38)32(40)34(35)42)19-29(46)44(25-14-15-26(36(47)48)27(45)16-25)17-21-10-12-23(13-11-21)22-6-2-1-3-7-22/h4-5,8-16,22,45H,1-3,6-7,17-20H2,(H,47,48). The first-order valence-corrected chi connectivity index (χ1v) is 17.4. The van der Waals surface area contributed by atoms with Crippen molar-refractivity contribution in [2.24, 2.45) is 0 Å². The molecule has 0 saturated heterocycles. The van der Waals surface area contributed by atoms with E-state index >= 15 is 0 Å². The second-order valence-corrected chi connectivity index (χ2v) is 14.0. The summed E-state index contributed by atoms with van der Waals surface area (Å²) < 4.78 is 118. The van der Waals surface area contributed by atoms with Gasteiger partial charge < -0.3 is 19.8 Å². The van der Waals surface area contributed by atoms with Crippen molar-refractivity contribution >= 4 is 27.6 Å². The maximum Gasteiger partial charge on any atom is 0.339 e. The Morgan fingerprint density at radius 2 is 1.42 bits per heavy atom. The van der Waals surface area contributed by atoms with E-state index in [-0.39, 0.29) is 27.9 Å². The summed E-state index contributed by atoms with van der Waals surface area (Å²) in [6.45, 7) is -3.96. The van der Waals surface area contributed by atoms with Crippen LogP contribution < -0.4 is 9.64 Å². The number of halogens is 6. The molecule has 0 radical (unpaired) electrons. The maximum atomic E-state index is 15.0. The Hall–Kier alpha value is -5.09. The van der Waals surface area contributed by atoms with Crippen LogP contribution in [0.25, 0.3) is 0 Å². The van der Waals surface area contributed by atoms with Gasteiger partial charge in [0.15, 0.2) is 28.2 Å². The number of rotatable bonds is 13. The molecule has 4 aromatic rings. The first-order valence-electron chi connectivity index (χ1n) is 16.0. The Morgan fingerprint density at radius 3 is 2.02 bits per heavy atom. The Balaban J connectivity index is 1.58. The molecule has 1 fully saturated rings. The summed E-state index contributed by atoms with van der Waals surface area (Å²) >= 11 is 0. The lowest BCUT2D eigenvalue weighted by Gasteiger charge is -2.28. The number of hydrogen-bond acceptors (Lipinski definition) is 6. The highest BCUT2D eigenvalue weighted by atomic mass is 32.2. The van der Waals surface area contributed by atoms with Crippen LogP contribution in [0.5, 0.6) is 11.5 Å². The average Bonchev–Trinajstić information content (AvgIpc) is 3.13. The number of sulfonamides is 1. The summed E-state index contributed by atoms with van der Waals surface area (Å²) in [5.74, 6) is -16.3. The molecule has 1 saturated carbocycles. The Labute approximate surface area is 294 Å². The number of benzene rings is 4. The van der Waals surface area contributed by atoms with Crippen LogP contribution in [0, 0.1) is 29.1 Å². The molecule has 0 atom stereocenters. The third-order valence-electron chi connectivity index (χ3n) is 8.83. The van der Waals surface area contributed by atoms with E-state index in [0.29, 0.717) is 11.5 Å². The van der Waals surface area contributed by atoms with Crippen molar-refractivity contribution in [3.63, 3.8) is 0 Å². The van der Waals surface area contributed by atoms with Crippen molar-refractivity contribution in [3.8, 4) is 11.5 Å². The largest absolute Gasteiger partial charge is 0.507 e. The average molecular weight is 751 g/mol. The van der Waals surface area contributed by atoms with Gasteiger partial charge in [-0.3, -0.25) is 4.79 Å². The molecule has 16 heteroatoms. The molecule has 1 aliphatic rings. The number of aromatic carboxylic acids is 1. The summed E-state index contributed by atoms with van der Waals surface area (Å²) in [5, 5.41) is 19.9. The molecule has 1 aliphatic carbocycles. The van der Waals surface area contributed by atoms with Crippen molar-refractivity contribution in [1.29, 1.82) is 0 Å². The van der Waals surface area contributed by atoms with Gasteiger partial charge in [0.2, 0.25) is 28.6 Å². The SMILES string of the molecule is O=C(O)c1ccc(N(Cc2ccc(C3CCCCC3)cc2)C(=O)CN(Cc2ccccc2OCF)S(=O)(=O)c2c(F)c(F)c(F)c(F)c2F)cc1O. The van der Waals surface area contributed by atoms with Gasteiger partial charge in [0, 0.05) is 23.9 Å². The second-order valence-electron chi connectivity index (χ2n) is 12.1. The highest BCUT2D eigenvalue weighted by Gasteiger charge is 2.39. The molecular formula is C36H32F6N2O7S. The van der Waals surface area contributed by atoms with Gasteiger partial charge in [0.25, 0.3) is 0 Å². The third kappa shape index (κ3) is 8.02. The van der Waals surface area contributed by atoms with Crippen LogP contribution >= 0.6 is 0 Å². The molecule has 0 aliphatic heterocycles. The van der Waals surface area contributed by atoms with Crippen molar-refractivity contribution < 1.29 is 59.3 Å². The quantitative estimate of drug-likeness (QED) is 0.0821. The highest BCUT2D eigenvalue weighted by molar-refractivity contribution is 7.89. The van der Waals surface area contributed by atoms with Crippen LogP contribution in [0.3, 0.4) is 0 Å². The zero-order chi connectivity index (χ0) is 37.7. The molecular weight excluding hydrogens is 718 g/mol. The summed E-state index contributed by atoms with van der Waals surface area (Å²) in [5.41, 5.74) is 0.782. The predicted octanol–water partition coefficient (Wildman–Crippen LogP) is 7.56. The second kappa shape index (κ2) is 16.1. The summed E-state index contributed by atoms with van der Waals surface area (Å²) in [6, 6.07) is 15.5. The smallest absolute Gasteiger partial charge is 0.339 e. The minimum Gasteiger partial charge on any atom is -0.507 e. The van der Waals surface area contributed by atoms with Crippen LogP contribution in [-0.2, 0) is 27.9 Å². The molecule has 2 N–H and O–H groups in total. The first-order chi connectivity index (χ1) is 24.7. The summed E-state index contributed by atoms with van der Waals surface area (Å²) in [6.07, 6.45) is 5.32. The highest BCUT2D eigenvalue weighted by Crippen LogP contribution is 2.34. The normalized spacial score (nSPS) is 13.7. The maximum absolute atomic E-state index is 15.0. The minimum atomic E-state index is -5.77. The van der Waals surface area contributed by atoms with E-state index in [0.717, 1.165) is 60.8 Å². The molecule has 4 aromatic carbocycles. The monoisotopic (exact) mass is 750 g/mol. The van der Waals surface area contributed by atoms with E-state index in [2.05, 4.69) is 0 Å². The Kier molecular flexibility index (Phi) is 11.8. The molecule has 1 amide bonds. The number of amides is 1. The number of carboxylic acid groups (broad SMARTS) is 1. The number of carbonyl (C=O) groups is 2. The van der Waals surface area contributed by atoms with Gasteiger partial charge in [-0.1, -0.05) is 61.7 Å². The number of para-hydroxylation sites is 1. The van der Waals surface area contributed by atoms with E-state index in [4.69, 9.17) is 4.74 Å². The number of carboxylic acids is 1. The van der Waals surface area contributed by atoms with E-state index < -0.39 is 87.1 Å². The van der Waals surface area contributed by atoms with Crippen LogP contribution in [-0.4, -0.2) is 48.2 Å². The van der Waals surface area contributed by atoms with Crippen LogP contribution in [0.4, 0.5) is 32.0 Å². The summed E-state index contributed by atoms with van der Waals surface area (Å²) in [4.78, 5) is 24.5. The fourth-order valence-corrected chi connectivity index (χ4v) is 7.61. The van der Waals surface area contributed by atoms with Gasteiger partial charge >= 0.3 is 5.97 Å². The molecule has 0 aromatic heterocycles. The van der Waals surface area contributed by atoms with E-state index in [9.17, 15) is 54.6 Å². The summed E-state index contributed by atoms with van der Waals surface area (Å²) in [7, 11) is -5.77. The number of phenols is 1. The van der Waals surface area contributed by atoms with Gasteiger partial charge in [-0.05, 0) is 48.1 Å². The van der Waals surface area contributed by atoms with Gasteiger partial charge in [0.05, 0.1) is 13.1 Å². The lowest BCUT2D eigenvalue weighted by molar-refractivity contribution is -0.119. The molecule has 0 heterocycles. The van der Waals surface area contributed by atoms with E-state index in [1.54, 1.807) is 12.1 Å². The first kappa shape index (κ1) is 38.1. The topological polar surface area (TPSA) is 124 Å². The fraction of sp³-hybridized carbons (Fsp3) is 0.278. The number of ether oxygens (including phenoxy) is 1. The van der Waals surface area contributed by atoms with Gasteiger partial charge in [-0.2, -0.15) is 4.31 Å². The van der Waals surface area contributed by atoms with Crippen molar-refractivity contribution in [2.75, 3.05) is 18.3 Å². The van der Waals surface area contributed by atoms with Gasteiger partial charge in [0.1, 0.15) is 17.1 Å². The number of alkyl halides is 1. The molecule has 0 spiro atoms. The molecule has 52 heavy (non-hydrogen) atoms.